The van der Waals surface area contributed by atoms with Gasteiger partial charge in [0.15, 0.2) is 0 Å². The molecule has 3 rings (SSSR count). The molecule has 148 valence electrons. The third kappa shape index (κ3) is 5.00. The first-order valence-corrected chi connectivity index (χ1v) is 11.1. The van der Waals surface area contributed by atoms with Gasteiger partial charge in [0.1, 0.15) is 15.6 Å². The largest absolute Gasteiger partial charge is 0.497 e. The van der Waals surface area contributed by atoms with E-state index in [0.29, 0.717) is 50.2 Å². The number of carbonyl (C=O) groups excluding carboxylic acids is 2. The molecule has 0 unspecified atom stereocenters. The van der Waals surface area contributed by atoms with Crippen molar-refractivity contribution in [2.45, 2.75) is 25.7 Å². The summed E-state index contributed by atoms with van der Waals surface area (Å²) < 4.78 is 28.2. The molecule has 0 atom stereocenters. The van der Waals surface area contributed by atoms with E-state index in [9.17, 15) is 18.0 Å². The first kappa shape index (κ1) is 19.7. The second-order valence-corrected chi connectivity index (χ2v) is 9.55. The molecule has 0 spiro atoms. The molecule has 0 aliphatic carbocycles. The minimum atomic E-state index is -2.97. The van der Waals surface area contributed by atoms with Crippen LogP contribution >= 0.6 is 0 Å². The van der Waals surface area contributed by atoms with Gasteiger partial charge in [0.25, 0.3) is 0 Å². The fourth-order valence-electron chi connectivity index (χ4n) is 3.70. The second kappa shape index (κ2) is 8.29. The number of amides is 2. The molecule has 27 heavy (non-hydrogen) atoms. The highest BCUT2D eigenvalue weighted by Crippen LogP contribution is 2.26. The first-order valence-electron chi connectivity index (χ1n) is 9.32. The number of likely N-dealkylation sites (tertiary alicyclic amines) is 1. The molecule has 0 radical (unpaired) electrons. The number of sulfone groups is 1. The van der Waals surface area contributed by atoms with Gasteiger partial charge in [-0.25, -0.2) is 8.42 Å². The Kier molecular flexibility index (Phi) is 6.04. The summed E-state index contributed by atoms with van der Waals surface area (Å²) in [5.74, 6) is 0.548. The third-order valence-electron chi connectivity index (χ3n) is 5.42. The number of nitrogens with zero attached hydrogens (tertiary/aromatic N) is 1. The number of methoxy groups -OCH3 is 1. The lowest BCUT2D eigenvalue weighted by molar-refractivity contribution is -0.138. The van der Waals surface area contributed by atoms with Crippen LogP contribution in [0.2, 0.25) is 0 Å². The monoisotopic (exact) mass is 394 g/mol. The standard InChI is InChI=1S/C19H26N2O5S/c1-26-17-4-2-3-16(13-17)20-18(22)14-5-9-21(10-6-14)19(23)15-7-11-27(24,25)12-8-15/h2-4,13-15H,5-12H2,1H3,(H,20,22). The predicted octanol–water partition coefficient (Wildman–Crippen LogP) is 1.70. The Bertz CT molecular complexity index is 786. The van der Waals surface area contributed by atoms with Gasteiger partial charge in [0, 0.05) is 36.7 Å². The van der Waals surface area contributed by atoms with Crippen LogP contribution in [0.25, 0.3) is 0 Å². The number of ether oxygens (including phenoxy) is 1. The van der Waals surface area contributed by atoms with Crippen LogP contribution in [0.5, 0.6) is 5.75 Å². The zero-order chi connectivity index (χ0) is 19.4. The maximum absolute atomic E-state index is 12.6. The summed E-state index contributed by atoms with van der Waals surface area (Å²) in [5, 5.41) is 2.91. The van der Waals surface area contributed by atoms with E-state index < -0.39 is 9.84 Å². The lowest BCUT2D eigenvalue weighted by Gasteiger charge is -2.34. The van der Waals surface area contributed by atoms with Crippen LogP contribution in [-0.2, 0) is 19.4 Å². The van der Waals surface area contributed by atoms with E-state index in [4.69, 9.17) is 4.74 Å². The topological polar surface area (TPSA) is 92.8 Å². The number of carbonyl (C=O) groups is 2. The van der Waals surface area contributed by atoms with E-state index >= 15 is 0 Å². The number of benzene rings is 1. The normalized spacial score (nSPS) is 20.9. The van der Waals surface area contributed by atoms with E-state index in [1.807, 2.05) is 18.2 Å². The molecule has 1 aromatic carbocycles. The molecule has 2 amide bonds. The number of hydrogen-bond acceptors (Lipinski definition) is 5. The number of hydrogen-bond donors (Lipinski definition) is 1. The van der Waals surface area contributed by atoms with Gasteiger partial charge in [-0.2, -0.15) is 0 Å². The Morgan fingerprint density at radius 3 is 2.37 bits per heavy atom. The van der Waals surface area contributed by atoms with Crippen molar-refractivity contribution in [1.82, 2.24) is 4.90 Å². The van der Waals surface area contributed by atoms with Gasteiger partial charge in [-0.3, -0.25) is 9.59 Å². The van der Waals surface area contributed by atoms with Gasteiger partial charge in [0.2, 0.25) is 11.8 Å². The molecular formula is C19H26N2O5S. The van der Waals surface area contributed by atoms with Crippen LogP contribution in [0.1, 0.15) is 25.7 Å². The summed E-state index contributed by atoms with van der Waals surface area (Å²) >= 11 is 0. The molecule has 2 heterocycles. The van der Waals surface area contributed by atoms with Gasteiger partial charge >= 0.3 is 0 Å². The van der Waals surface area contributed by atoms with E-state index in [1.54, 1.807) is 18.1 Å². The van der Waals surface area contributed by atoms with E-state index in [1.165, 1.54) is 0 Å². The summed E-state index contributed by atoms with van der Waals surface area (Å²) in [6, 6.07) is 7.22. The minimum absolute atomic E-state index is 0.0385. The van der Waals surface area contributed by atoms with Gasteiger partial charge in [-0.1, -0.05) is 6.07 Å². The highest BCUT2D eigenvalue weighted by atomic mass is 32.2. The summed E-state index contributed by atoms with van der Waals surface area (Å²) in [6.07, 6.45) is 2.06. The number of nitrogens with one attached hydrogen (secondary N) is 1. The van der Waals surface area contributed by atoms with Crippen LogP contribution in [0.15, 0.2) is 24.3 Å². The number of rotatable bonds is 4. The smallest absolute Gasteiger partial charge is 0.227 e. The summed E-state index contributed by atoms with van der Waals surface area (Å²) in [6.45, 7) is 1.08. The van der Waals surface area contributed by atoms with Crippen LogP contribution in [0, 0.1) is 11.8 Å². The maximum Gasteiger partial charge on any atom is 0.227 e. The predicted molar refractivity (Wildman–Crippen MR) is 102 cm³/mol. The van der Waals surface area contributed by atoms with Crippen LogP contribution in [0.4, 0.5) is 5.69 Å². The van der Waals surface area contributed by atoms with Crippen molar-refractivity contribution in [3.63, 3.8) is 0 Å². The Hall–Kier alpha value is -2.09. The highest BCUT2D eigenvalue weighted by molar-refractivity contribution is 7.91. The number of piperidine rings is 1. The molecule has 0 saturated carbocycles. The molecule has 1 aromatic rings. The first-order chi connectivity index (χ1) is 12.9. The summed E-state index contributed by atoms with van der Waals surface area (Å²) in [5.41, 5.74) is 0.696. The van der Waals surface area contributed by atoms with Crippen molar-refractivity contribution in [2.24, 2.45) is 11.8 Å². The quantitative estimate of drug-likeness (QED) is 0.839. The average Bonchev–Trinajstić information content (AvgIpc) is 2.67. The SMILES string of the molecule is COc1cccc(NC(=O)C2CCN(C(=O)C3CCS(=O)(=O)CC3)CC2)c1. The zero-order valence-electron chi connectivity index (χ0n) is 15.5. The van der Waals surface area contributed by atoms with Crippen LogP contribution < -0.4 is 10.1 Å². The Labute approximate surface area is 160 Å². The zero-order valence-corrected chi connectivity index (χ0v) is 16.3. The lowest BCUT2D eigenvalue weighted by Crippen LogP contribution is -2.45. The molecule has 1 N–H and O–H groups in total. The van der Waals surface area contributed by atoms with Crippen molar-refractivity contribution < 1.29 is 22.7 Å². The van der Waals surface area contributed by atoms with Crippen molar-refractivity contribution in [2.75, 3.05) is 37.0 Å². The highest BCUT2D eigenvalue weighted by Gasteiger charge is 2.34. The molecule has 8 heteroatoms. The Morgan fingerprint density at radius 1 is 1.07 bits per heavy atom. The van der Waals surface area contributed by atoms with Crippen molar-refractivity contribution in [3.8, 4) is 5.75 Å². The Morgan fingerprint density at radius 2 is 1.74 bits per heavy atom. The maximum atomic E-state index is 12.6. The summed E-state index contributed by atoms with van der Waals surface area (Å²) in [7, 11) is -1.39. The van der Waals surface area contributed by atoms with Crippen LogP contribution in [-0.4, -0.2) is 56.8 Å². The molecule has 7 nitrogen and oxygen atoms in total. The molecule has 0 bridgehead atoms. The van der Waals surface area contributed by atoms with Gasteiger partial charge in [-0.15, -0.1) is 0 Å². The van der Waals surface area contributed by atoms with E-state index in [0.717, 1.165) is 0 Å². The minimum Gasteiger partial charge on any atom is -0.497 e. The van der Waals surface area contributed by atoms with Crippen molar-refractivity contribution >= 4 is 27.3 Å². The second-order valence-electron chi connectivity index (χ2n) is 7.25. The third-order valence-corrected chi connectivity index (χ3v) is 7.13. The van der Waals surface area contributed by atoms with E-state index in [2.05, 4.69) is 5.32 Å². The fraction of sp³-hybridized carbons (Fsp3) is 0.579. The van der Waals surface area contributed by atoms with Crippen LogP contribution in [0.3, 0.4) is 0 Å². The van der Waals surface area contributed by atoms with Gasteiger partial charge in [-0.05, 0) is 37.8 Å². The fourth-order valence-corrected chi connectivity index (χ4v) is 5.19. The van der Waals surface area contributed by atoms with Gasteiger partial charge < -0.3 is 15.0 Å². The molecule has 2 fully saturated rings. The average molecular weight is 394 g/mol. The molecule has 2 saturated heterocycles. The van der Waals surface area contributed by atoms with Gasteiger partial charge in [0.05, 0.1) is 18.6 Å². The van der Waals surface area contributed by atoms with E-state index in [-0.39, 0.29) is 35.2 Å². The molecule has 2 aliphatic heterocycles. The van der Waals surface area contributed by atoms with Crippen molar-refractivity contribution in [1.29, 1.82) is 0 Å². The Balaban J connectivity index is 1.49. The summed E-state index contributed by atoms with van der Waals surface area (Å²) in [4.78, 5) is 26.9. The molecule has 0 aromatic heterocycles. The molecular weight excluding hydrogens is 368 g/mol. The lowest BCUT2D eigenvalue weighted by atomic mass is 9.93. The van der Waals surface area contributed by atoms with Crippen molar-refractivity contribution in [3.05, 3.63) is 24.3 Å². The number of anilines is 1. The molecule has 2 aliphatic rings.